The smallest absolute Gasteiger partial charge is 0.319 e. The second-order valence-electron chi connectivity index (χ2n) is 1.83. The first-order chi connectivity index (χ1) is 4.72. The maximum absolute atomic E-state index is 10.7. The molecule has 0 radical (unpaired) electrons. The maximum Gasteiger partial charge on any atom is 0.319 e. The van der Waals surface area contributed by atoms with Crippen LogP contribution in [0.3, 0.4) is 0 Å². The highest BCUT2D eigenvalue weighted by Crippen LogP contribution is 2.01. The number of aliphatic carboxylic acids is 1. The Hall–Kier alpha value is -1.16. The molecule has 0 amide bonds. The lowest BCUT2D eigenvalue weighted by molar-refractivity contribution is -0.142. The standard InChI is InChI=1S/C6H5NO3.ClH/c8-5-1-2-7-3-4(5)6(9)10;/h1-4H,(H,9,10);1H. The van der Waals surface area contributed by atoms with E-state index in [0.717, 1.165) is 12.3 Å². The van der Waals surface area contributed by atoms with Crippen LogP contribution in [0.2, 0.25) is 0 Å². The SMILES string of the molecule is Cl.O=C(O)C1C=NC=CC1=O. The fourth-order valence-electron chi connectivity index (χ4n) is 0.615. The zero-order valence-electron chi connectivity index (χ0n) is 5.43. The molecule has 1 rings (SSSR count). The molecule has 0 aliphatic carbocycles. The van der Waals surface area contributed by atoms with Crippen molar-refractivity contribution in [1.29, 1.82) is 0 Å². The van der Waals surface area contributed by atoms with E-state index in [0.29, 0.717) is 0 Å². The van der Waals surface area contributed by atoms with Crippen LogP contribution >= 0.6 is 12.4 Å². The first-order valence-electron chi connectivity index (χ1n) is 2.68. The number of halogens is 1. The van der Waals surface area contributed by atoms with E-state index in [-0.39, 0.29) is 12.4 Å². The number of carboxylic acids is 1. The molecular formula is C6H6ClNO3. The minimum Gasteiger partial charge on any atom is -0.480 e. The Morgan fingerprint density at radius 2 is 2.27 bits per heavy atom. The Labute approximate surface area is 69.0 Å². The molecule has 0 bridgehead atoms. The second-order valence-corrected chi connectivity index (χ2v) is 1.83. The first kappa shape index (κ1) is 9.84. The molecule has 5 heteroatoms. The second kappa shape index (κ2) is 3.88. The van der Waals surface area contributed by atoms with Gasteiger partial charge in [0.2, 0.25) is 0 Å². The molecule has 1 aliphatic rings. The van der Waals surface area contributed by atoms with Crippen LogP contribution in [0, 0.1) is 5.92 Å². The summed E-state index contributed by atoms with van der Waals surface area (Å²) in [6.45, 7) is 0. The number of hydrogen-bond donors (Lipinski definition) is 1. The molecule has 1 heterocycles. The van der Waals surface area contributed by atoms with Gasteiger partial charge in [-0.15, -0.1) is 12.4 Å². The third-order valence-electron chi connectivity index (χ3n) is 1.13. The molecule has 1 unspecified atom stereocenters. The van der Waals surface area contributed by atoms with Crippen molar-refractivity contribution in [2.45, 2.75) is 0 Å². The minimum absolute atomic E-state index is 0. The monoisotopic (exact) mass is 175 g/mol. The molecule has 11 heavy (non-hydrogen) atoms. The molecule has 0 aromatic heterocycles. The van der Waals surface area contributed by atoms with Crippen LogP contribution in [0.4, 0.5) is 0 Å². The van der Waals surface area contributed by atoms with Crippen molar-refractivity contribution in [3.05, 3.63) is 12.3 Å². The van der Waals surface area contributed by atoms with Gasteiger partial charge < -0.3 is 5.11 Å². The quantitative estimate of drug-likeness (QED) is 0.582. The number of aliphatic imine (C=N–C) groups is 1. The van der Waals surface area contributed by atoms with Crippen LogP contribution < -0.4 is 0 Å². The molecule has 1 aliphatic heterocycles. The lowest BCUT2D eigenvalue weighted by Crippen LogP contribution is -2.24. The van der Waals surface area contributed by atoms with E-state index in [9.17, 15) is 9.59 Å². The van der Waals surface area contributed by atoms with E-state index in [1.165, 1.54) is 6.20 Å². The van der Waals surface area contributed by atoms with Gasteiger partial charge in [0, 0.05) is 18.5 Å². The molecule has 0 fully saturated rings. The largest absolute Gasteiger partial charge is 0.480 e. The topological polar surface area (TPSA) is 66.7 Å². The van der Waals surface area contributed by atoms with Gasteiger partial charge in [0.25, 0.3) is 0 Å². The predicted molar refractivity (Wildman–Crippen MR) is 41.0 cm³/mol. The summed E-state index contributed by atoms with van der Waals surface area (Å²) in [5.41, 5.74) is 0. The van der Waals surface area contributed by atoms with Gasteiger partial charge >= 0.3 is 5.97 Å². The Bertz CT molecular complexity index is 234. The fourth-order valence-corrected chi connectivity index (χ4v) is 0.615. The number of carbonyl (C=O) groups excluding carboxylic acids is 1. The number of ketones is 1. The molecule has 0 aromatic rings. The van der Waals surface area contributed by atoms with E-state index in [1.807, 2.05) is 0 Å². The summed E-state index contributed by atoms with van der Waals surface area (Å²) in [6, 6.07) is 0. The van der Waals surface area contributed by atoms with Crippen LogP contribution in [0.15, 0.2) is 17.3 Å². The molecule has 0 saturated carbocycles. The van der Waals surface area contributed by atoms with Gasteiger partial charge in [0.05, 0.1) is 0 Å². The van der Waals surface area contributed by atoms with Gasteiger partial charge in [-0.25, -0.2) is 0 Å². The lowest BCUT2D eigenvalue weighted by atomic mass is 10.1. The van der Waals surface area contributed by atoms with E-state index in [2.05, 4.69) is 4.99 Å². The molecule has 60 valence electrons. The minimum atomic E-state index is -1.15. The van der Waals surface area contributed by atoms with Crippen molar-refractivity contribution < 1.29 is 14.7 Å². The normalized spacial score (nSPS) is 21.1. The van der Waals surface area contributed by atoms with Crippen LogP contribution in [-0.2, 0) is 9.59 Å². The summed E-state index contributed by atoms with van der Waals surface area (Å²) in [4.78, 5) is 24.4. The Balaban J connectivity index is 0.000001000. The van der Waals surface area contributed by atoms with Crippen molar-refractivity contribution in [3.8, 4) is 0 Å². The zero-order valence-corrected chi connectivity index (χ0v) is 6.25. The summed E-state index contributed by atoms with van der Waals surface area (Å²) < 4.78 is 0. The van der Waals surface area contributed by atoms with Crippen molar-refractivity contribution in [2.75, 3.05) is 0 Å². The van der Waals surface area contributed by atoms with E-state index < -0.39 is 17.7 Å². The van der Waals surface area contributed by atoms with Gasteiger partial charge in [-0.05, 0) is 0 Å². The Morgan fingerprint density at radius 3 is 2.64 bits per heavy atom. The Morgan fingerprint density at radius 1 is 1.64 bits per heavy atom. The van der Waals surface area contributed by atoms with Crippen molar-refractivity contribution in [3.63, 3.8) is 0 Å². The number of allylic oxidation sites excluding steroid dienone is 1. The highest BCUT2D eigenvalue weighted by atomic mass is 35.5. The number of nitrogens with zero attached hydrogens (tertiary/aromatic N) is 1. The molecule has 0 saturated heterocycles. The first-order valence-corrected chi connectivity index (χ1v) is 2.68. The maximum atomic E-state index is 10.7. The summed E-state index contributed by atoms with van der Waals surface area (Å²) in [7, 11) is 0. The number of hydrogen-bond acceptors (Lipinski definition) is 3. The van der Waals surface area contributed by atoms with Crippen LogP contribution in [0.5, 0.6) is 0 Å². The Kier molecular flexibility index (Phi) is 3.47. The van der Waals surface area contributed by atoms with E-state index in [1.54, 1.807) is 0 Å². The zero-order chi connectivity index (χ0) is 7.56. The number of rotatable bonds is 1. The molecule has 0 spiro atoms. The molecule has 1 atom stereocenters. The average Bonchev–Trinajstić information content (AvgIpc) is 1.88. The summed E-state index contributed by atoms with van der Waals surface area (Å²) >= 11 is 0. The summed E-state index contributed by atoms with van der Waals surface area (Å²) in [6.07, 6.45) is 3.55. The molecule has 0 aromatic carbocycles. The average molecular weight is 176 g/mol. The molecule has 1 N–H and O–H groups in total. The van der Waals surface area contributed by atoms with Crippen LogP contribution in [-0.4, -0.2) is 23.1 Å². The van der Waals surface area contributed by atoms with E-state index in [4.69, 9.17) is 5.11 Å². The van der Waals surface area contributed by atoms with Crippen molar-refractivity contribution >= 4 is 30.4 Å². The lowest BCUT2D eigenvalue weighted by Gasteiger charge is -2.03. The number of carboxylic acid groups (broad SMARTS) is 1. The van der Waals surface area contributed by atoms with Gasteiger partial charge in [-0.2, -0.15) is 0 Å². The fraction of sp³-hybridized carbons (Fsp3) is 0.167. The highest BCUT2D eigenvalue weighted by Gasteiger charge is 2.22. The predicted octanol–water partition coefficient (Wildman–Crippen LogP) is 0.276. The third-order valence-corrected chi connectivity index (χ3v) is 1.13. The highest BCUT2D eigenvalue weighted by molar-refractivity contribution is 6.16. The van der Waals surface area contributed by atoms with Crippen LogP contribution in [0.1, 0.15) is 0 Å². The van der Waals surface area contributed by atoms with Gasteiger partial charge in [-0.3, -0.25) is 14.6 Å². The van der Waals surface area contributed by atoms with Crippen molar-refractivity contribution in [2.24, 2.45) is 10.9 Å². The van der Waals surface area contributed by atoms with Crippen molar-refractivity contribution in [1.82, 2.24) is 0 Å². The van der Waals surface area contributed by atoms with Gasteiger partial charge in [0.15, 0.2) is 11.7 Å². The van der Waals surface area contributed by atoms with Gasteiger partial charge in [-0.1, -0.05) is 0 Å². The number of carbonyl (C=O) groups is 2. The third kappa shape index (κ3) is 2.16. The summed E-state index contributed by atoms with van der Waals surface area (Å²) in [5, 5.41) is 8.36. The molecule has 4 nitrogen and oxygen atoms in total. The summed E-state index contributed by atoms with van der Waals surface area (Å²) in [5.74, 6) is -2.66. The van der Waals surface area contributed by atoms with E-state index >= 15 is 0 Å². The van der Waals surface area contributed by atoms with Crippen LogP contribution in [0.25, 0.3) is 0 Å². The molecular weight excluding hydrogens is 170 g/mol. The van der Waals surface area contributed by atoms with Gasteiger partial charge in [0.1, 0.15) is 0 Å².